The first-order chi connectivity index (χ1) is 5.46. The lowest BCUT2D eigenvalue weighted by molar-refractivity contribution is 0.559. The largest absolute Gasteiger partial charge is 0.229 e. The van der Waals surface area contributed by atoms with Crippen molar-refractivity contribution in [3.63, 3.8) is 0 Å². The van der Waals surface area contributed by atoms with E-state index in [9.17, 15) is 16.8 Å². The number of hydrogen-bond donors (Lipinski definition) is 1. The molecule has 13 heavy (non-hydrogen) atoms. The SMILES string of the molecule is CC(C)(C)S(=O)(=O)CCS(N)(=O)=O. The predicted molar refractivity (Wildman–Crippen MR) is 51.5 cm³/mol. The van der Waals surface area contributed by atoms with Gasteiger partial charge in [-0.1, -0.05) is 0 Å². The highest BCUT2D eigenvalue weighted by molar-refractivity contribution is 7.95. The molecule has 0 saturated carbocycles. The molecule has 0 aliphatic heterocycles. The smallest absolute Gasteiger partial charge is 0.210 e. The Hall–Kier alpha value is -0.140. The van der Waals surface area contributed by atoms with Crippen LogP contribution in [0, 0.1) is 0 Å². The van der Waals surface area contributed by atoms with Crippen molar-refractivity contribution in [2.24, 2.45) is 5.14 Å². The summed E-state index contributed by atoms with van der Waals surface area (Å²) < 4.78 is 42.9. The van der Waals surface area contributed by atoms with E-state index in [4.69, 9.17) is 5.14 Å². The monoisotopic (exact) mass is 229 g/mol. The van der Waals surface area contributed by atoms with Crippen molar-refractivity contribution >= 4 is 19.9 Å². The van der Waals surface area contributed by atoms with Crippen LogP contribution >= 0.6 is 0 Å². The molecule has 0 saturated heterocycles. The Kier molecular flexibility index (Phi) is 3.51. The molecule has 0 aliphatic carbocycles. The number of nitrogens with two attached hydrogens (primary N) is 1. The summed E-state index contributed by atoms with van der Waals surface area (Å²) in [7, 11) is -7.09. The second kappa shape index (κ2) is 3.55. The van der Waals surface area contributed by atoms with E-state index in [0.717, 1.165) is 0 Å². The lowest BCUT2D eigenvalue weighted by Gasteiger charge is -2.18. The van der Waals surface area contributed by atoms with E-state index < -0.39 is 36.1 Å². The zero-order chi connectivity index (χ0) is 10.9. The summed E-state index contributed by atoms with van der Waals surface area (Å²) >= 11 is 0. The molecule has 0 aromatic rings. The molecule has 0 aromatic carbocycles. The minimum absolute atomic E-state index is 0.421. The van der Waals surface area contributed by atoms with E-state index in [1.54, 1.807) is 0 Å². The summed E-state index contributed by atoms with van der Waals surface area (Å²) in [5.74, 6) is -0.943. The highest BCUT2D eigenvalue weighted by atomic mass is 32.2. The van der Waals surface area contributed by atoms with Crippen molar-refractivity contribution in [3.05, 3.63) is 0 Å². The standard InChI is InChI=1S/C6H15NO4S2/c1-6(2,3)12(8,9)4-5-13(7,10)11/h4-5H2,1-3H3,(H2,7,10,11). The zero-order valence-corrected chi connectivity index (χ0v) is 9.57. The van der Waals surface area contributed by atoms with Gasteiger partial charge in [0.1, 0.15) is 0 Å². The Balaban J connectivity index is 4.59. The van der Waals surface area contributed by atoms with Crippen molar-refractivity contribution < 1.29 is 16.8 Å². The molecule has 7 heteroatoms. The maximum absolute atomic E-state index is 11.4. The molecule has 0 radical (unpaired) electrons. The van der Waals surface area contributed by atoms with E-state index in [1.165, 1.54) is 20.8 Å². The summed E-state index contributed by atoms with van der Waals surface area (Å²) in [5, 5.41) is 4.69. The molecule has 5 nitrogen and oxygen atoms in total. The van der Waals surface area contributed by atoms with Crippen molar-refractivity contribution in [1.29, 1.82) is 0 Å². The average molecular weight is 229 g/mol. The maximum Gasteiger partial charge on any atom is 0.210 e. The van der Waals surface area contributed by atoms with Crippen LogP contribution in [0.2, 0.25) is 0 Å². The quantitative estimate of drug-likeness (QED) is 0.705. The number of primary sulfonamides is 1. The van der Waals surface area contributed by atoms with Crippen LogP contribution in [0.3, 0.4) is 0 Å². The molecule has 0 bridgehead atoms. The van der Waals surface area contributed by atoms with Gasteiger partial charge in [0.15, 0.2) is 9.84 Å². The van der Waals surface area contributed by atoms with E-state index in [-0.39, 0.29) is 0 Å². The van der Waals surface area contributed by atoms with Gasteiger partial charge >= 0.3 is 0 Å². The minimum atomic E-state index is -3.70. The molecule has 2 N–H and O–H groups in total. The Morgan fingerprint density at radius 1 is 1.00 bits per heavy atom. The highest BCUT2D eigenvalue weighted by Gasteiger charge is 2.29. The Morgan fingerprint density at radius 2 is 1.38 bits per heavy atom. The number of sulfone groups is 1. The second-order valence-electron chi connectivity index (χ2n) is 3.80. The van der Waals surface area contributed by atoms with Crippen LogP contribution < -0.4 is 5.14 Å². The molecule has 0 amide bonds. The molecule has 0 aliphatic rings. The molecule has 0 spiro atoms. The van der Waals surface area contributed by atoms with Gasteiger partial charge in [-0.15, -0.1) is 0 Å². The molecule has 0 unspecified atom stereocenters. The molecular weight excluding hydrogens is 214 g/mol. The molecule has 0 atom stereocenters. The minimum Gasteiger partial charge on any atom is -0.229 e. The van der Waals surface area contributed by atoms with Crippen molar-refractivity contribution in [1.82, 2.24) is 0 Å². The molecule has 0 aromatic heterocycles. The van der Waals surface area contributed by atoms with Crippen LogP contribution in [-0.4, -0.2) is 33.1 Å². The van der Waals surface area contributed by atoms with Crippen LogP contribution in [0.1, 0.15) is 20.8 Å². The van der Waals surface area contributed by atoms with Gasteiger partial charge in [-0.3, -0.25) is 0 Å². The fourth-order valence-electron chi connectivity index (χ4n) is 0.532. The summed E-state index contributed by atoms with van der Waals surface area (Å²) in [4.78, 5) is 0. The fraction of sp³-hybridized carbons (Fsp3) is 1.00. The molecule has 0 rings (SSSR count). The maximum atomic E-state index is 11.4. The third kappa shape index (κ3) is 4.58. The summed E-state index contributed by atoms with van der Waals surface area (Å²) in [6, 6.07) is 0. The van der Waals surface area contributed by atoms with Crippen LogP contribution in [-0.2, 0) is 19.9 Å². The lowest BCUT2D eigenvalue weighted by Crippen LogP contribution is -2.34. The van der Waals surface area contributed by atoms with Crippen LogP contribution in [0.25, 0.3) is 0 Å². The summed E-state index contributed by atoms with van der Waals surface area (Å²) in [5.41, 5.74) is 0. The predicted octanol–water partition coefficient (Wildman–Crippen LogP) is -0.512. The van der Waals surface area contributed by atoms with E-state index in [0.29, 0.717) is 0 Å². The summed E-state index contributed by atoms with van der Waals surface area (Å²) in [6.45, 7) is 4.56. The second-order valence-corrected chi connectivity index (χ2v) is 8.39. The van der Waals surface area contributed by atoms with Gasteiger partial charge in [0.25, 0.3) is 0 Å². The van der Waals surface area contributed by atoms with E-state index >= 15 is 0 Å². The number of sulfonamides is 1. The van der Waals surface area contributed by atoms with Gasteiger partial charge in [0.05, 0.1) is 16.3 Å². The van der Waals surface area contributed by atoms with Crippen LogP contribution in [0.4, 0.5) is 0 Å². The van der Waals surface area contributed by atoms with Crippen molar-refractivity contribution in [3.8, 4) is 0 Å². The van der Waals surface area contributed by atoms with Gasteiger partial charge in [0.2, 0.25) is 10.0 Å². The Labute approximate surface area is 79.3 Å². The first-order valence-corrected chi connectivity index (χ1v) is 7.05. The van der Waals surface area contributed by atoms with Crippen LogP contribution in [0.15, 0.2) is 0 Å². The molecule has 0 heterocycles. The van der Waals surface area contributed by atoms with E-state index in [2.05, 4.69) is 0 Å². The Bertz CT molecular complexity index is 360. The third-order valence-corrected chi connectivity index (χ3v) is 5.21. The number of hydrogen-bond acceptors (Lipinski definition) is 4. The van der Waals surface area contributed by atoms with Gasteiger partial charge in [-0.25, -0.2) is 22.0 Å². The first kappa shape index (κ1) is 12.9. The molecule has 0 fully saturated rings. The van der Waals surface area contributed by atoms with Gasteiger partial charge in [0, 0.05) is 0 Å². The van der Waals surface area contributed by atoms with Gasteiger partial charge in [-0.2, -0.15) is 0 Å². The molecule has 80 valence electrons. The lowest BCUT2D eigenvalue weighted by atomic mass is 10.3. The van der Waals surface area contributed by atoms with Gasteiger partial charge in [-0.05, 0) is 20.8 Å². The number of rotatable bonds is 3. The summed E-state index contributed by atoms with van der Waals surface area (Å²) in [6.07, 6.45) is 0. The fourth-order valence-corrected chi connectivity index (χ4v) is 2.95. The zero-order valence-electron chi connectivity index (χ0n) is 7.94. The van der Waals surface area contributed by atoms with E-state index in [1.807, 2.05) is 0 Å². The topological polar surface area (TPSA) is 94.3 Å². The van der Waals surface area contributed by atoms with Crippen molar-refractivity contribution in [2.45, 2.75) is 25.5 Å². The first-order valence-electron chi connectivity index (χ1n) is 3.68. The highest BCUT2D eigenvalue weighted by Crippen LogP contribution is 2.15. The third-order valence-electron chi connectivity index (χ3n) is 1.57. The van der Waals surface area contributed by atoms with Crippen molar-refractivity contribution in [2.75, 3.05) is 11.5 Å². The van der Waals surface area contributed by atoms with Gasteiger partial charge < -0.3 is 0 Å². The Morgan fingerprint density at radius 3 is 1.62 bits per heavy atom. The average Bonchev–Trinajstić information content (AvgIpc) is 1.79. The molecular formula is C6H15NO4S2. The normalized spacial score (nSPS) is 14.5. The van der Waals surface area contributed by atoms with Crippen LogP contribution in [0.5, 0.6) is 0 Å².